The van der Waals surface area contributed by atoms with Gasteiger partial charge in [0.15, 0.2) is 0 Å². The summed E-state index contributed by atoms with van der Waals surface area (Å²) in [7, 11) is 5.21. The van der Waals surface area contributed by atoms with Crippen molar-refractivity contribution in [1.82, 2.24) is 25.8 Å². The van der Waals surface area contributed by atoms with E-state index in [4.69, 9.17) is 23.9 Å². The number of likely N-dealkylation sites (tertiary alicyclic amines) is 1. The number of Topliss-reactive ketones (excluding diaryl/α,β-unsaturated/α-hetero) is 2. The molecule has 0 radical (unpaired) electrons. The van der Waals surface area contributed by atoms with Gasteiger partial charge in [-0.05, 0) is 39.9 Å². The van der Waals surface area contributed by atoms with Crippen molar-refractivity contribution >= 4 is 35.1 Å². The van der Waals surface area contributed by atoms with E-state index in [9.17, 15) is 39.3 Å². The lowest BCUT2D eigenvalue weighted by Gasteiger charge is -2.38. The molecule has 0 saturated carbocycles. The van der Waals surface area contributed by atoms with E-state index < -0.39 is 88.7 Å². The number of hydrogen-bond donors (Lipinski definition) is 6. The Morgan fingerprint density at radius 3 is 2.30 bits per heavy atom. The molecular weight excluding hydrogens is 901 g/mol. The second-order valence-corrected chi connectivity index (χ2v) is 20.6. The van der Waals surface area contributed by atoms with Gasteiger partial charge in [-0.3, -0.25) is 29.0 Å². The Labute approximate surface area is 411 Å². The maximum Gasteiger partial charge on any atom is 0.312 e. The molecule has 9 atom stereocenters. The topological polar surface area (TPSA) is 238 Å². The summed E-state index contributed by atoms with van der Waals surface area (Å²) in [4.78, 5) is 79.3. The minimum Gasteiger partial charge on any atom is -0.507 e. The van der Waals surface area contributed by atoms with Gasteiger partial charge in [0.05, 0.1) is 53.5 Å². The Kier molecular flexibility index (Phi) is 16.9. The number of carbonyl (C=O) groups excluding carboxylic acids is 5. The lowest BCUT2D eigenvalue weighted by Crippen LogP contribution is -2.50. The molecule has 384 valence electrons. The Morgan fingerprint density at radius 2 is 1.66 bits per heavy atom. The Morgan fingerprint density at radius 1 is 0.971 bits per heavy atom. The number of hydrogen-bond acceptors (Lipinski definition) is 16. The summed E-state index contributed by atoms with van der Waals surface area (Å²) in [5.74, 6) is -7.75. The van der Waals surface area contributed by atoms with Crippen molar-refractivity contribution in [3.8, 4) is 11.5 Å². The monoisotopic (exact) mass is 975 g/mol. The van der Waals surface area contributed by atoms with Gasteiger partial charge in [0.25, 0.3) is 11.7 Å². The number of phenols is 1. The average Bonchev–Trinajstić information content (AvgIpc) is 3.81. The van der Waals surface area contributed by atoms with Crippen LogP contribution in [0.4, 0.5) is 0 Å². The number of benzene rings is 1. The van der Waals surface area contributed by atoms with E-state index in [-0.39, 0.29) is 69.4 Å². The van der Waals surface area contributed by atoms with Gasteiger partial charge < -0.3 is 60.0 Å². The Balaban J connectivity index is 1.41. The maximum atomic E-state index is 14.9. The first kappa shape index (κ1) is 53.9. The molecular formula is C52H74N6O12. The number of aliphatic imine (C=N–C) groups is 1. The number of aliphatic hydroxyl groups is 2. The molecule has 5 bridgehead atoms. The molecule has 1 fully saturated rings. The quantitative estimate of drug-likeness (QED) is 0.182. The third kappa shape index (κ3) is 11.2. The van der Waals surface area contributed by atoms with Crippen LogP contribution in [-0.4, -0.2) is 150 Å². The van der Waals surface area contributed by atoms with E-state index in [0.717, 1.165) is 6.54 Å². The van der Waals surface area contributed by atoms with E-state index in [1.165, 1.54) is 33.3 Å². The number of ether oxygens (including phenoxy) is 4. The molecule has 70 heavy (non-hydrogen) atoms. The number of esters is 1. The van der Waals surface area contributed by atoms with Gasteiger partial charge in [-0.15, -0.1) is 0 Å². The van der Waals surface area contributed by atoms with Gasteiger partial charge in [-0.1, -0.05) is 59.8 Å². The van der Waals surface area contributed by atoms with Crippen molar-refractivity contribution in [3.63, 3.8) is 0 Å². The molecule has 1 aromatic rings. The molecule has 0 aromatic heterocycles. The number of carbonyl (C=O) groups is 5. The predicted octanol–water partition coefficient (Wildman–Crippen LogP) is 4.05. The minimum atomic E-state index is -2.02. The van der Waals surface area contributed by atoms with Gasteiger partial charge in [0.1, 0.15) is 29.0 Å². The van der Waals surface area contributed by atoms with Crippen LogP contribution in [0.5, 0.6) is 11.5 Å². The number of rotatable bonds is 10. The van der Waals surface area contributed by atoms with Crippen LogP contribution in [0.3, 0.4) is 0 Å². The molecule has 1 spiro atoms. The largest absolute Gasteiger partial charge is 0.507 e. The first-order valence-corrected chi connectivity index (χ1v) is 24.5. The number of ketones is 2. The van der Waals surface area contributed by atoms with Gasteiger partial charge in [-0.2, -0.15) is 0 Å². The standard InChI is InChI=1S/C52H74N6O12/c1-27(2)26-58-22-19-52(20-23-58)55-40-37-38-45(63)33(8)48-39(37)49(65)51(9,70-48)68-25-18-34(67-12)30(5)47(69-36(60)17-16-35(59)53-21-24-57(10)11)32(7)44(62)31(6)43(61)28(3)14-13-15-29(4)50(66)54-42(46(38)64)41(40)56-52/h13-15,18,25,27-28,30-32,34,43-44,47,56,61-63H,16-17,19-24,26H2,1-12H3,(H,53,59)(H,54,66)/b14-13+,25-18+,29-15-/t28-,30+,31+,32+,34-,43-,44+,47+,51-/m0/s1. The third-order valence-electron chi connectivity index (χ3n) is 14.4. The molecule has 18 nitrogen and oxygen atoms in total. The zero-order valence-electron chi connectivity index (χ0n) is 42.8. The van der Waals surface area contributed by atoms with Crippen LogP contribution in [0.1, 0.15) is 113 Å². The molecule has 6 rings (SSSR count). The first-order valence-electron chi connectivity index (χ1n) is 24.5. The number of nitrogens with one attached hydrogen (secondary N) is 3. The fourth-order valence-electron chi connectivity index (χ4n) is 10.0. The highest BCUT2D eigenvalue weighted by Gasteiger charge is 2.54. The minimum absolute atomic E-state index is 0.00615. The number of allylic oxidation sites excluding steroid dienone is 4. The summed E-state index contributed by atoms with van der Waals surface area (Å²) in [6.45, 7) is 19.1. The van der Waals surface area contributed by atoms with Gasteiger partial charge in [0.2, 0.25) is 11.7 Å². The number of amides is 2. The maximum absolute atomic E-state index is 14.9. The van der Waals surface area contributed by atoms with Crippen molar-refractivity contribution in [2.24, 2.45) is 34.6 Å². The zero-order chi connectivity index (χ0) is 51.6. The summed E-state index contributed by atoms with van der Waals surface area (Å²) >= 11 is 0. The number of aliphatic hydroxyl groups excluding tert-OH is 2. The molecule has 18 heteroatoms. The van der Waals surface area contributed by atoms with Crippen molar-refractivity contribution in [3.05, 3.63) is 69.8 Å². The number of piperidine rings is 1. The average molecular weight is 975 g/mol. The number of phenolic OH excluding ortho intramolecular Hbond substituents is 1. The molecule has 6 N–H and O–H groups in total. The predicted molar refractivity (Wildman–Crippen MR) is 262 cm³/mol. The summed E-state index contributed by atoms with van der Waals surface area (Å²) in [6, 6.07) is 0. The van der Waals surface area contributed by atoms with Gasteiger partial charge >= 0.3 is 11.8 Å². The van der Waals surface area contributed by atoms with Crippen molar-refractivity contribution in [2.45, 2.75) is 124 Å². The van der Waals surface area contributed by atoms with E-state index in [2.05, 4.69) is 34.7 Å². The molecule has 1 aliphatic carbocycles. The molecule has 1 saturated heterocycles. The van der Waals surface area contributed by atoms with Crippen LogP contribution in [0.25, 0.3) is 0 Å². The van der Waals surface area contributed by atoms with E-state index in [0.29, 0.717) is 44.9 Å². The highest BCUT2D eigenvalue weighted by molar-refractivity contribution is 6.34. The molecule has 5 aliphatic rings. The third-order valence-corrected chi connectivity index (χ3v) is 14.4. The summed E-state index contributed by atoms with van der Waals surface area (Å²) < 4.78 is 24.5. The smallest absolute Gasteiger partial charge is 0.312 e. The SMILES string of the molecule is CO[C@H]1/C=C/O[C@@]2(C)Oc3c(C)c(O)c4c(c3C2=O)C2=NC3(CCN(CC(C)C)CC3)NC2=C(NC(=O)/C(C)=C\C=C\[C@H](C)[C@H](O)[C@@H](C)[C@@H](O)[C@@H](C)[C@H](OC(=O)CCC(=O)NCCN(C)C)[C@@H]1C)C4=O. The Bertz CT molecular complexity index is 2360. The fourth-order valence-corrected chi connectivity index (χ4v) is 10.0. The van der Waals surface area contributed by atoms with Gasteiger partial charge in [-0.25, -0.2) is 0 Å². The van der Waals surface area contributed by atoms with E-state index in [1.54, 1.807) is 52.8 Å². The highest BCUT2D eigenvalue weighted by atomic mass is 16.7. The van der Waals surface area contributed by atoms with E-state index >= 15 is 0 Å². The van der Waals surface area contributed by atoms with Gasteiger partial charge in [0, 0.05) is 106 Å². The molecule has 0 unspecified atom stereocenters. The number of methoxy groups -OCH3 is 1. The number of nitrogens with zero attached hydrogens (tertiary/aromatic N) is 3. The lowest BCUT2D eigenvalue weighted by atomic mass is 9.78. The zero-order valence-corrected chi connectivity index (χ0v) is 42.8. The second kappa shape index (κ2) is 21.9. The fraction of sp³-hybridized carbons (Fsp3) is 0.615. The van der Waals surface area contributed by atoms with Crippen LogP contribution in [-0.2, 0) is 28.6 Å². The Hall–Kier alpha value is -5.40. The van der Waals surface area contributed by atoms with E-state index in [1.807, 2.05) is 19.0 Å². The highest BCUT2D eigenvalue weighted by Crippen LogP contribution is 2.50. The molecule has 4 heterocycles. The lowest BCUT2D eigenvalue weighted by molar-refractivity contribution is -0.164. The van der Waals surface area contributed by atoms with Crippen molar-refractivity contribution in [1.29, 1.82) is 0 Å². The molecule has 2 amide bonds. The second-order valence-electron chi connectivity index (χ2n) is 20.6. The molecule has 1 aromatic carbocycles. The van der Waals surface area contributed by atoms with Crippen molar-refractivity contribution < 1.29 is 58.2 Å². The van der Waals surface area contributed by atoms with Crippen LogP contribution >= 0.6 is 0 Å². The first-order chi connectivity index (χ1) is 32.9. The van der Waals surface area contributed by atoms with Crippen LogP contribution in [0.2, 0.25) is 0 Å². The number of fused-ring (bicyclic) bond motifs is 3. The van der Waals surface area contributed by atoms with Crippen LogP contribution in [0.15, 0.2) is 52.5 Å². The van der Waals surface area contributed by atoms with Crippen LogP contribution < -0.4 is 20.7 Å². The van der Waals surface area contributed by atoms with Crippen molar-refractivity contribution in [2.75, 3.05) is 53.9 Å². The summed E-state index contributed by atoms with van der Waals surface area (Å²) in [5.41, 5.74) is -0.379. The summed E-state index contributed by atoms with van der Waals surface area (Å²) in [5, 5.41) is 44.4. The normalized spacial score (nSPS) is 31.0. The summed E-state index contributed by atoms with van der Waals surface area (Å²) in [6.07, 6.45) is 4.18. The number of aromatic hydroxyl groups is 1. The van der Waals surface area contributed by atoms with Crippen LogP contribution in [0, 0.1) is 36.5 Å². The molecule has 4 aliphatic heterocycles. The number of likely N-dealkylation sites (N-methyl/N-ethyl adjacent to an activating group) is 1.